The quantitative estimate of drug-likeness (QED) is 0.781. The normalized spacial score (nSPS) is 17.1. The highest BCUT2D eigenvalue weighted by atomic mass is 16.5. The van der Waals surface area contributed by atoms with E-state index in [1.54, 1.807) is 12.1 Å². The van der Waals surface area contributed by atoms with E-state index < -0.39 is 0 Å². The first-order valence-corrected chi connectivity index (χ1v) is 8.74. The Morgan fingerprint density at radius 2 is 1.60 bits per heavy atom. The Morgan fingerprint density at radius 3 is 1.92 bits per heavy atom. The molecular weight excluding hydrogens is 318 g/mol. The zero-order chi connectivity index (χ0) is 19.0. The van der Waals surface area contributed by atoms with Crippen molar-refractivity contribution in [2.24, 2.45) is 5.41 Å². The second-order valence-electron chi connectivity index (χ2n) is 9.25. The summed E-state index contributed by atoms with van der Waals surface area (Å²) < 4.78 is 5.17. The fourth-order valence-corrected chi connectivity index (χ4v) is 2.92. The van der Waals surface area contributed by atoms with Gasteiger partial charge in [-0.25, -0.2) is 0 Å². The van der Waals surface area contributed by atoms with E-state index in [0.29, 0.717) is 25.3 Å². The van der Waals surface area contributed by atoms with Crippen LogP contribution in [-0.2, 0) is 15.6 Å². The Balaban J connectivity index is 2.35. The Labute approximate surface area is 150 Å². The fraction of sp³-hybridized carbons (Fsp3) is 0.650. The summed E-state index contributed by atoms with van der Waals surface area (Å²) in [5.74, 6) is 0.0616. The molecule has 0 saturated carbocycles. The number of rotatable bonds is 4. The molecular formula is C20H31NO4. The van der Waals surface area contributed by atoms with E-state index in [1.165, 1.54) is 0 Å². The number of carbonyl (C=O) groups is 1. The number of carbonyl (C=O) groups excluding carboxylic acids is 1. The van der Waals surface area contributed by atoms with Crippen molar-refractivity contribution in [2.45, 2.75) is 52.4 Å². The first-order valence-electron chi connectivity index (χ1n) is 8.74. The summed E-state index contributed by atoms with van der Waals surface area (Å²) in [6.45, 7) is 13.4. The van der Waals surface area contributed by atoms with E-state index in [9.17, 15) is 15.0 Å². The third kappa shape index (κ3) is 4.15. The third-order valence-electron chi connectivity index (χ3n) is 4.76. The van der Waals surface area contributed by atoms with E-state index in [4.69, 9.17) is 4.74 Å². The lowest BCUT2D eigenvalue weighted by Crippen LogP contribution is -2.53. The Morgan fingerprint density at radius 1 is 1.12 bits per heavy atom. The first-order chi connectivity index (χ1) is 11.4. The summed E-state index contributed by atoms with van der Waals surface area (Å²) >= 11 is 0. The smallest absolute Gasteiger partial charge is 0.251 e. The van der Waals surface area contributed by atoms with Crippen LogP contribution in [0, 0.1) is 5.41 Å². The van der Waals surface area contributed by atoms with Crippen LogP contribution in [0.15, 0.2) is 12.1 Å². The topological polar surface area (TPSA) is 78.8 Å². The molecule has 0 atom stereocenters. The number of phenolic OH excluding ortho intramolecular Hbond substituents is 1. The number of aliphatic hydroxyl groups is 1. The summed E-state index contributed by atoms with van der Waals surface area (Å²) in [5, 5.41) is 23.1. The van der Waals surface area contributed by atoms with Gasteiger partial charge in [-0.2, -0.15) is 0 Å². The van der Waals surface area contributed by atoms with Gasteiger partial charge in [-0.3, -0.25) is 4.79 Å². The number of nitrogens with one attached hydrogen (secondary N) is 1. The minimum atomic E-state index is -0.369. The standard InChI is InChI=1S/C20H31NO4/c1-18(2,3)14-7-13(8-15(16(14)23)19(4,5)6)17(24)21-9-20(10-22)11-25-12-20/h7-8,22-23H,9-12H2,1-6H3,(H,21,24). The number of ether oxygens (including phenoxy) is 1. The summed E-state index contributed by atoms with van der Waals surface area (Å²) in [5.41, 5.74) is 1.11. The predicted octanol–water partition coefficient (Wildman–Crippen LogP) is 2.73. The number of hydrogen-bond acceptors (Lipinski definition) is 4. The zero-order valence-electron chi connectivity index (χ0n) is 16.2. The summed E-state index contributed by atoms with van der Waals surface area (Å²) in [6.07, 6.45) is 0. The van der Waals surface area contributed by atoms with Gasteiger partial charge in [0.1, 0.15) is 5.75 Å². The van der Waals surface area contributed by atoms with Crippen molar-refractivity contribution in [2.75, 3.05) is 26.4 Å². The average Bonchev–Trinajstić information content (AvgIpc) is 2.44. The predicted molar refractivity (Wildman–Crippen MR) is 98.2 cm³/mol. The van der Waals surface area contributed by atoms with Crippen molar-refractivity contribution in [3.8, 4) is 5.75 Å². The van der Waals surface area contributed by atoms with Crippen LogP contribution < -0.4 is 5.32 Å². The van der Waals surface area contributed by atoms with Gasteiger partial charge in [0, 0.05) is 23.2 Å². The van der Waals surface area contributed by atoms with Crippen LogP contribution >= 0.6 is 0 Å². The van der Waals surface area contributed by atoms with Gasteiger partial charge in [0.05, 0.1) is 25.2 Å². The fourth-order valence-electron chi connectivity index (χ4n) is 2.92. The lowest BCUT2D eigenvalue weighted by Gasteiger charge is -2.39. The monoisotopic (exact) mass is 349 g/mol. The van der Waals surface area contributed by atoms with Crippen LogP contribution in [0.3, 0.4) is 0 Å². The molecule has 5 nitrogen and oxygen atoms in total. The number of aromatic hydroxyl groups is 1. The van der Waals surface area contributed by atoms with E-state index in [1.807, 2.05) is 41.5 Å². The van der Waals surface area contributed by atoms with Crippen molar-refractivity contribution in [1.29, 1.82) is 0 Å². The zero-order valence-corrected chi connectivity index (χ0v) is 16.2. The molecule has 0 spiro atoms. The van der Waals surface area contributed by atoms with Gasteiger partial charge in [-0.15, -0.1) is 0 Å². The molecule has 0 aromatic heterocycles. The molecule has 140 valence electrons. The number of phenols is 1. The molecule has 3 N–H and O–H groups in total. The second-order valence-corrected chi connectivity index (χ2v) is 9.25. The molecule has 1 aromatic carbocycles. The van der Waals surface area contributed by atoms with Crippen LogP contribution in [0.1, 0.15) is 63.0 Å². The molecule has 0 aliphatic carbocycles. The number of hydrogen-bond donors (Lipinski definition) is 3. The van der Waals surface area contributed by atoms with Crippen LogP contribution in [0.2, 0.25) is 0 Å². The lowest BCUT2D eigenvalue weighted by molar-refractivity contribution is -0.133. The number of aliphatic hydroxyl groups excluding tert-OH is 1. The maximum atomic E-state index is 12.7. The van der Waals surface area contributed by atoms with Gasteiger partial charge in [0.15, 0.2) is 0 Å². The molecule has 2 rings (SSSR count). The van der Waals surface area contributed by atoms with Gasteiger partial charge >= 0.3 is 0 Å². The van der Waals surface area contributed by atoms with E-state index in [0.717, 1.165) is 11.1 Å². The van der Waals surface area contributed by atoms with Gasteiger partial charge in [-0.05, 0) is 23.0 Å². The molecule has 25 heavy (non-hydrogen) atoms. The van der Waals surface area contributed by atoms with E-state index in [2.05, 4.69) is 5.32 Å². The summed E-state index contributed by atoms with van der Waals surface area (Å²) in [7, 11) is 0. The molecule has 1 aliphatic rings. The molecule has 0 radical (unpaired) electrons. The Kier molecular flexibility index (Phi) is 5.22. The second kappa shape index (κ2) is 6.61. The molecule has 1 fully saturated rings. The molecule has 0 bridgehead atoms. The summed E-state index contributed by atoms with van der Waals surface area (Å²) in [4.78, 5) is 12.7. The van der Waals surface area contributed by atoms with Crippen molar-refractivity contribution in [3.63, 3.8) is 0 Å². The third-order valence-corrected chi connectivity index (χ3v) is 4.76. The van der Waals surface area contributed by atoms with Crippen LogP contribution in [0.25, 0.3) is 0 Å². The molecule has 1 heterocycles. The van der Waals surface area contributed by atoms with E-state index >= 15 is 0 Å². The van der Waals surface area contributed by atoms with Crippen LogP contribution in [-0.4, -0.2) is 42.5 Å². The maximum Gasteiger partial charge on any atom is 0.251 e. The van der Waals surface area contributed by atoms with Crippen molar-refractivity contribution >= 4 is 5.91 Å². The Bertz CT molecular complexity index is 608. The minimum absolute atomic E-state index is 0.0106. The molecule has 0 unspecified atom stereocenters. The minimum Gasteiger partial charge on any atom is -0.507 e. The van der Waals surface area contributed by atoms with Crippen LogP contribution in [0.4, 0.5) is 0 Å². The molecule has 1 amide bonds. The highest BCUT2D eigenvalue weighted by Gasteiger charge is 2.38. The largest absolute Gasteiger partial charge is 0.507 e. The first kappa shape index (κ1) is 19.7. The Hall–Kier alpha value is -1.59. The number of amides is 1. The van der Waals surface area contributed by atoms with Gasteiger partial charge in [-0.1, -0.05) is 41.5 Å². The average molecular weight is 349 g/mol. The lowest BCUT2D eigenvalue weighted by atomic mass is 9.78. The molecule has 5 heteroatoms. The van der Waals surface area contributed by atoms with Crippen LogP contribution in [0.5, 0.6) is 5.75 Å². The van der Waals surface area contributed by atoms with Gasteiger partial charge in [0.2, 0.25) is 0 Å². The highest BCUT2D eigenvalue weighted by Crippen LogP contribution is 2.39. The summed E-state index contributed by atoms with van der Waals surface area (Å²) in [6, 6.07) is 3.53. The van der Waals surface area contributed by atoms with Crippen molar-refractivity contribution in [1.82, 2.24) is 5.32 Å². The molecule has 1 aromatic rings. The molecule has 1 saturated heterocycles. The number of benzene rings is 1. The van der Waals surface area contributed by atoms with Gasteiger partial charge < -0.3 is 20.3 Å². The molecule has 1 aliphatic heterocycles. The highest BCUT2D eigenvalue weighted by molar-refractivity contribution is 5.95. The van der Waals surface area contributed by atoms with Crippen molar-refractivity contribution in [3.05, 3.63) is 28.8 Å². The SMILES string of the molecule is CC(C)(C)c1cc(C(=O)NCC2(CO)COC2)cc(C(C)(C)C)c1O. The van der Waals surface area contributed by atoms with Gasteiger partial charge in [0.25, 0.3) is 5.91 Å². The van der Waals surface area contributed by atoms with Crippen molar-refractivity contribution < 1.29 is 19.7 Å². The van der Waals surface area contributed by atoms with E-state index in [-0.39, 0.29) is 34.5 Å². The maximum absolute atomic E-state index is 12.7.